The Morgan fingerprint density at radius 3 is 2.93 bits per heavy atom. The molecule has 2 N–H and O–H groups in total. The van der Waals surface area contributed by atoms with E-state index in [1.54, 1.807) is 12.4 Å². The average molecular weight is 365 g/mol. The largest absolute Gasteiger partial charge is 0.455 e. The van der Waals surface area contributed by atoms with Gasteiger partial charge in [-0.2, -0.15) is 5.10 Å². The standard InChI is InChI=1S/C20H23N5O2/c1-13-8-15(5-6-19(13)27-16-4-3-7-21-10-16)9-22-18-12-26-11-17(18)20-23-14(2)24-25-20/h3-8,10,17-18,22H,9,11-12H2,1-2H3,(H,23,24,25)/t17-,18+/m1/s1. The fraction of sp³-hybridized carbons (Fsp3) is 0.350. The molecule has 4 rings (SSSR count). The molecule has 0 amide bonds. The Bertz CT molecular complexity index is 896. The van der Waals surface area contributed by atoms with Gasteiger partial charge in [0.05, 0.1) is 25.3 Å². The second kappa shape index (κ2) is 7.85. The van der Waals surface area contributed by atoms with Crippen molar-refractivity contribution in [2.24, 2.45) is 0 Å². The second-order valence-electron chi connectivity index (χ2n) is 6.80. The van der Waals surface area contributed by atoms with Gasteiger partial charge in [0, 0.05) is 18.8 Å². The van der Waals surface area contributed by atoms with Crippen LogP contribution in [0.2, 0.25) is 0 Å². The fourth-order valence-corrected chi connectivity index (χ4v) is 3.26. The maximum absolute atomic E-state index is 5.90. The number of hydrogen-bond acceptors (Lipinski definition) is 6. The molecule has 0 radical (unpaired) electrons. The van der Waals surface area contributed by atoms with Crippen molar-refractivity contribution in [1.29, 1.82) is 0 Å². The quantitative estimate of drug-likeness (QED) is 0.699. The van der Waals surface area contributed by atoms with Crippen LogP contribution >= 0.6 is 0 Å². The van der Waals surface area contributed by atoms with E-state index in [1.165, 1.54) is 5.56 Å². The van der Waals surface area contributed by atoms with Crippen LogP contribution in [0.1, 0.15) is 28.7 Å². The second-order valence-corrected chi connectivity index (χ2v) is 6.80. The highest BCUT2D eigenvalue weighted by molar-refractivity contribution is 5.39. The summed E-state index contributed by atoms with van der Waals surface area (Å²) in [7, 11) is 0. The van der Waals surface area contributed by atoms with Crippen molar-refractivity contribution in [3.63, 3.8) is 0 Å². The molecule has 1 saturated heterocycles. The summed E-state index contributed by atoms with van der Waals surface area (Å²) in [6.07, 6.45) is 3.44. The number of ether oxygens (including phenoxy) is 2. The minimum atomic E-state index is 0.171. The van der Waals surface area contributed by atoms with Crippen molar-refractivity contribution in [3.8, 4) is 11.5 Å². The number of aryl methyl sites for hydroxylation is 2. The number of benzene rings is 1. The molecule has 1 aliphatic rings. The Balaban J connectivity index is 1.39. The van der Waals surface area contributed by atoms with Crippen molar-refractivity contribution in [2.75, 3.05) is 13.2 Å². The highest BCUT2D eigenvalue weighted by atomic mass is 16.5. The number of hydrogen-bond donors (Lipinski definition) is 2. The van der Waals surface area contributed by atoms with E-state index in [2.05, 4.69) is 37.6 Å². The molecule has 27 heavy (non-hydrogen) atoms. The Morgan fingerprint density at radius 2 is 2.19 bits per heavy atom. The summed E-state index contributed by atoms with van der Waals surface area (Å²) in [5.74, 6) is 3.39. The van der Waals surface area contributed by atoms with Gasteiger partial charge in [-0.05, 0) is 43.2 Å². The maximum atomic E-state index is 5.90. The first-order valence-corrected chi connectivity index (χ1v) is 9.06. The molecule has 1 fully saturated rings. The van der Waals surface area contributed by atoms with Crippen LogP contribution in [0.5, 0.6) is 11.5 Å². The third-order valence-corrected chi connectivity index (χ3v) is 4.70. The summed E-state index contributed by atoms with van der Waals surface area (Å²) in [6.45, 7) is 6.02. The van der Waals surface area contributed by atoms with Gasteiger partial charge in [-0.1, -0.05) is 12.1 Å². The number of aromatic nitrogens is 4. The lowest BCUT2D eigenvalue weighted by Gasteiger charge is -2.17. The molecule has 3 aromatic rings. The van der Waals surface area contributed by atoms with Gasteiger partial charge in [0.25, 0.3) is 0 Å². The lowest BCUT2D eigenvalue weighted by Crippen LogP contribution is -2.34. The van der Waals surface area contributed by atoms with Crippen LogP contribution in [0.15, 0.2) is 42.7 Å². The number of nitrogens with one attached hydrogen (secondary N) is 2. The third kappa shape index (κ3) is 4.15. The Labute approximate surface area is 158 Å². The average Bonchev–Trinajstić information content (AvgIpc) is 3.31. The Kier molecular flexibility index (Phi) is 5.13. The van der Waals surface area contributed by atoms with Crippen LogP contribution < -0.4 is 10.1 Å². The first-order chi connectivity index (χ1) is 13.2. The summed E-state index contributed by atoms with van der Waals surface area (Å²) in [4.78, 5) is 8.53. The summed E-state index contributed by atoms with van der Waals surface area (Å²) >= 11 is 0. The summed E-state index contributed by atoms with van der Waals surface area (Å²) in [5, 5.41) is 10.8. The number of rotatable bonds is 6. The van der Waals surface area contributed by atoms with Gasteiger partial charge < -0.3 is 14.8 Å². The van der Waals surface area contributed by atoms with Gasteiger partial charge in [0.1, 0.15) is 17.3 Å². The summed E-state index contributed by atoms with van der Waals surface area (Å²) in [6, 6.07) is 10.2. The molecule has 1 aliphatic heterocycles. The predicted octanol–water partition coefficient (Wildman–Crippen LogP) is 2.88. The summed E-state index contributed by atoms with van der Waals surface area (Å²) in [5.41, 5.74) is 2.28. The van der Waals surface area contributed by atoms with Gasteiger partial charge in [0.15, 0.2) is 5.82 Å². The van der Waals surface area contributed by atoms with Crippen molar-refractivity contribution in [3.05, 3.63) is 65.5 Å². The molecule has 2 aromatic heterocycles. The molecule has 0 spiro atoms. The van der Waals surface area contributed by atoms with E-state index in [0.29, 0.717) is 13.2 Å². The first-order valence-electron chi connectivity index (χ1n) is 9.06. The zero-order valence-electron chi connectivity index (χ0n) is 15.5. The number of nitrogens with zero attached hydrogens (tertiary/aromatic N) is 3. The molecule has 3 heterocycles. The van der Waals surface area contributed by atoms with E-state index < -0.39 is 0 Å². The van der Waals surface area contributed by atoms with Crippen molar-refractivity contribution < 1.29 is 9.47 Å². The molecular weight excluding hydrogens is 342 g/mol. The summed E-state index contributed by atoms with van der Waals surface area (Å²) < 4.78 is 11.5. The molecule has 140 valence electrons. The number of pyridine rings is 1. The molecule has 0 aliphatic carbocycles. The van der Waals surface area contributed by atoms with Gasteiger partial charge >= 0.3 is 0 Å². The van der Waals surface area contributed by atoms with Crippen LogP contribution in [0, 0.1) is 13.8 Å². The van der Waals surface area contributed by atoms with E-state index in [1.807, 2.05) is 32.0 Å². The highest BCUT2D eigenvalue weighted by Gasteiger charge is 2.32. The monoisotopic (exact) mass is 365 g/mol. The molecule has 7 heteroatoms. The van der Waals surface area contributed by atoms with Gasteiger partial charge in [0.2, 0.25) is 0 Å². The van der Waals surface area contributed by atoms with Crippen LogP contribution in [0.4, 0.5) is 0 Å². The molecule has 0 bridgehead atoms. The van der Waals surface area contributed by atoms with E-state index >= 15 is 0 Å². The number of H-pyrrole nitrogens is 1. The fourth-order valence-electron chi connectivity index (χ4n) is 3.26. The van der Waals surface area contributed by atoms with E-state index in [0.717, 1.165) is 35.3 Å². The topological polar surface area (TPSA) is 84.9 Å². The molecule has 7 nitrogen and oxygen atoms in total. The zero-order chi connectivity index (χ0) is 18.6. The van der Waals surface area contributed by atoms with E-state index in [-0.39, 0.29) is 12.0 Å². The minimum Gasteiger partial charge on any atom is -0.455 e. The maximum Gasteiger partial charge on any atom is 0.157 e. The van der Waals surface area contributed by atoms with Gasteiger partial charge in [-0.25, -0.2) is 4.98 Å². The zero-order valence-corrected chi connectivity index (χ0v) is 15.5. The van der Waals surface area contributed by atoms with Gasteiger partial charge in [-0.3, -0.25) is 10.1 Å². The van der Waals surface area contributed by atoms with Crippen molar-refractivity contribution in [2.45, 2.75) is 32.4 Å². The molecule has 2 atom stereocenters. The third-order valence-electron chi connectivity index (χ3n) is 4.70. The Hall–Kier alpha value is -2.77. The smallest absolute Gasteiger partial charge is 0.157 e. The molecular formula is C20H23N5O2. The van der Waals surface area contributed by atoms with Crippen molar-refractivity contribution >= 4 is 0 Å². The lowest BCUT2D eigenvalue weighted by atomic mass is 10.0. The normalized spacial score (nSPS) is 19.3. The molecule has 0 unspecified atom stereocenters. The SMILES string of the molecule is Cc1nc([C@@H]2COC[C@@H]2NCc2ccc(Oc3cccnc3)c(C)c2)n[nH]1. The predicted molar refractivity (Wildman–Crippen MR) is 101 cm³/mol. The minimum absolute atomic E-state index is 0.171. The molecule has 1 aromatic carbocycles. The van der Waals surface area contributed by atoms with Crippen LogP contribution in [-0.2, 0) is 11.3 Å². The number of aromatic amines is 1. The Morgan fingerprint density at radius 1 is 1.26 bits per heavy atom. The van der Waals surface area contributed by atoms with Crippen molar-refractivity contribution in [1.82, 2.24) is 25.5 Å². The van der Waals surface area contributed by atoms with Crippen LogP contribution in [0.3, 0.4) is 0 Å². The van der Waals surface area contributed by atoms with Crippen LogP contribution in [-0.4, -0.2) is 39.4 Å². The van der Waals surface area contributed by atoms with E-state index in [4.69, 9.17) is 9.47 Å². The molecule has 0 saturated carbocycles. The lowest BCUT2D eigenvalue weighted by molar-refractivity contribution is 0.187. The first kappa shape index (κ1) is 17.6. The van der Waals surface area contributed by atoms with E-state index in [9.17, 15) is 0 Å². The van der Waals surface area contributed by atoms with Crippen LogP contribution in [0.25, 0.3) is 0 Å². The highest BCUT2D eigenvalue weighted by Crippen LogP contribution is 2.26. The van der Waals surface area contributed by atoms with Gasteiger partial charge in [-0.15, -0.1) is 0 Å².